The SMILES string of the molecule is CCCCNC(=O)NCc1ccc(O)cc1. The van der Waals surface area contributed by atoms with Gasteiger partial charge in [0.1, 0.15) is 5.75 Å². The molecule has 0 heterocycles. The van der Waals surface area contributed by atoms with E-state index in [-0.39, 0.29) is 11.8 Å². The number of carbonyl (C=O) groups excluding carboxylic acids is 1. The number of amides is 2. The smallest absolute Gasteiger partial charge is 0.315 e. The molecule has 0 radical (unpaired) electrons. The number of unbranched alkanes of at least 4 members (excludes halogenated alkanes) is 1. The molecule has 0 aliphatic rings. The molecule has 0 atom stereocenters. The number of phenolic OH excluding ortho intramolecular Hbond substituents is 1. The van der Waals surface area contributed by atoms with Crippen molar-refractivity contribution in [1.82, 2.24) is 10.6 Å². The van der Waals surface area contributed by atoms with Gasteiger partial charge >= 0.3 is 6.03 Å². The average molecular weight is 222 g/mol. The van der Waals surface area contributed by atoms with Gasteiger partial charge in [-0.2, -0.15) is 0 Å². The lowest BCUT2D eigenvalue weighted by atomic mass is 10.2. The first-order chi connectivity index (χ1) is 7.72. The number of carbonyl (C=O) groups is 1. The van der Waals surface area contributed by atoms with Crippen LogP contribution in [0.25, 0.3) is 0 Å². The van der Waals surface area contributed by atoms with Crippen LogP contribution in [0.4, 0.5) is 4.79 Å². The normalized spacial score (nSPS) is 9.81. The number of hydrogen-bond acceptors (Lipinski definition) is 2. The fourth-order valence-electron chi connectivity index (χ4n) is 1.24. The zero-order valence-corrected chi connectivity index (χ0v) is 9.49. The van der Waals surface area contributed by atoms with Crippen molar-refractivity contribution in [1.29, 1.82) is 0 Å². The first-order valence-corrected chi connectivity index (χ1v) is 5.52. The lowest BCUT2D eigenvalue weighted by Gasteiger charge is -2.07. The summed E-state index contributed by atoms with van der Waals surface area (Å²) in [5.41, 5.74) is 0.962. The number of benzene rings is 1. The molecule has 2 amide bonds. The molecule has 4 heteroatoms. The summed E-state index contributed by atoms with van der Waals surface area (Å²) in [7, 11) is 0. The van der Waals surface area contributed by atoms with E-state index in [1.54, 1.807) is 24.3 Å². The Morgan fingerprint density at radius 3 is 2.56 bits per heavy atom. The predicted molar refractivity (Wildman–Crippen MR) is 63.3 cm³/mol. The molecule has 3 N–H and O–H groups in total. The third-order valence-corrected chi connectivity index (χ3v) is 2.21. The summed E-state index contributed by atoms with van der Waals surface area (Å²) >= 11 is 0. The van der Waals surface area contributed by atoms with Crippen molar-refractivity contribution in [2.75, 3.05) is 6.54 Å². The summed E-state index contributed by atoms with van der Waals surface area (Å²) < 4.78 is 0. The minimum atomic E-state index is -0.151. The van der Waals surface area contributed by atoms with E-state index >= 15 is 0 Å². The van der Waals surface area contributed by atoms with Crippen LogP contribution in [0.2, 0.25) is 0 Å². The monoisotopic (exact) mass is 222 g/mol. The zero-order chi connectivity index (χ0) is 11.8. The van der Waals surface area contributed by atoms with Crippen molar-refractivity contribution in [3.8, 4) is 5.75 Å². The molecule has 16 heavy (non-hydrogen) atoms. The lowest BCUT2D eigenvalue weighted by Crippen LogP contribution is -2.35. The van der Waals surface area contributed by atoms with Crippen LogP contribution in [0.1, 0.15) is 25.3 Å². The third kappa shape index (κ3) is 4.68. The van der Waals surface area contributed by atoms with Crippen molar-refractivity contribution in [3.63, 3.8) is 0 Å². The maximum atomic E-state index is 11.3. The summed E-state index contributed by atoms with van der Waals surface area (Å²) in [6.45, 7) is 3.26. The van der Waals surface area contributed by atoms with Gasteiger partial charge in [-0.05, 0) is 24.1 Å². The van der Waals surface area contributed by atoms with Gasteiger partial charge in [0.15, 0.2) is 0 Å². The van der Waals surface area contributed by atoms with E-state index in [0.29, 0.717) is 13.1 Å². The highest BCUT2D eigenvalue weighted by Gasteiger charge is 1.99. The second kappa shape index (κ2) is 6.71. The van der Waals surface area contributed by atoms with Gasteiger partial charge in [-0.1, -0.05) is 25.5 Å². The second-order valence-electron chi connectivity index (χ2n) is 3.63. The fourth-order valence-corrected chi connectivity index (χ4v) is 1.24. The van der Waals surface area contributed by atoms with E-state index in [2.05, 4.69) is 17.6 Å². The van der Waals surface area contributed by atoms with Gasteiger partial charge in [0.2, 0.25) is 0 Å². The van der Waals surface area contributed by atoms with Gasteiger partial charge in [0.25, 0.3) is 0 Å². The molecule has 4 nitrogen and oxygen atoms in total. The highest BCUT2D eigenvalue weighted by atomic mass is 16.3. The van der Waals surface area contributed by atoms with Gasteiger partial charge in [-0.15, -0.1) is 0 Å². The molecular weight excluding hydrogens is 204 g/mol. The van der Waals surface area contributed by atoms with E-state index < -0.39 is 0 Å². The van der Waals surface area contributed by atoms with Crippen molar-refractivity contribution < 1.29 is 9.90 Å². The second-order valence-corrected chi connectivity index (χ2v) is 3.63. The number of rotatable bonds is 5. The average Bonchev–Trinajstić information content (AvgIpc) is 2.29. The molecule has 0 unspecified atom stereocenters. The summed E-state index contributed by atoms with van der Waals surface area (Å²) in [6.07, 6.45) is 2.06. The minimum absolute atomic E-state index is 0.151. The Kier molecular flexibility index (Phi) is 5.19. The van der Waals surface area contributed by atoms with Crippen LogP contribution in [0.3, 0.4) is 0 Å². The molecule has 0 fully saturated rings. The van der Waals surface area contributed by atoms with E-state index in [1.807, 2.05) is 0 Å². The maximum Gasteiger partial charge on any atom is 0.315 e. The maximum absolute atomic E-state index is 11.3. The van der Waals surface area contributed by atoms with Gasteiger partial charge in [0.05, 0.1) is 0 Å². The van der Waals surface area contributed by atoms with Gasteiger partial charge in [-0.25, -0.2) is 4.79 Å². The Morgan fingerprint density at radius 1 is 1.25 bits per heavy atom. The van der Waals surface area contributed by atoms with Crippen molar-refractivity contribution in [2.24, 2.45) is 0 Å². The van der Waals surface area contributed by atoms with Gasteiger partial charge < -0.3 is 15.7 Å². The molecule has 1 aromatic rings. The van der Waals surface area contributed by atoms with Crippen LogP contribution >= 0.6 is 0 Å². The summed E-state index contributed by atoms with van der Waals surface area (Å²) in [6, 6.07) is 6.61. The van der Waals surface area contributed by atoms with Crippen molar-refractivity contribution in [3.05, 3.63) is 29.8 Å². The molecule has 1 rings (SSSR count). The van der Waals surface area contributed by atoms with Crippen LogP contribution in [-0.4, -0.2) is 17.7 Å². The van der Waals surface area contributed by atoms with Crippen LogP contribution in [-0.2, 0) is 6.54 Å². The number of aromatic hydroxyl groups is 1. The zero-order valence-electron chi connectivity index (χ0n) is 9.49. The molecule has 1 aromatic carbocycles. The first-order valence-electron chi connectivity index (χ1n) is 5.52. The number of urea groups is 1. The molecule has 0 spiro atoms. The van der Waals surface area contributed by atoms with E-state index in [0.717, 1.165) is 18.4 Å². The number of hydrogen-bond donors (Lipinski definition) is 3. The number of phenols is 1. The standard InChI is InChI=1S/C12H18N2O2/c1-2-3-8-13-12(16)14-9-10-4-6-11(15)7-5-10/h4-7,15H,2-3,8-9H2,1H3,(H2,13,14,16). The molecule has 0 saturated heterocycles. The highest BCUT2D eigenvalue weighted by Crippen LogP contribution is 2.08. The summed E-state index contributed by atoms with van der Waals surface area (Å²) in [4.78, 5) is 11.3. The van der Waals surface area contributed by atoms with Gasteiger partial charge in [0, 0.05) is 13.1 Å². The van der Waals surface area contributed by atoms with Crippen LogP contribution < -0.4 is 10.6 Å². The Bertz CT molecular complexity index is 322. The Morgan fingerprint density at radius 2 is 1.94 bits per heavy atom. The molecular formula is C12H18N2O2. The van der Waals surface area contributed by atoms with E-state index in [9.17, 15) is 4.79 Å². The largest absolute Gasteiger partial charge is 0.508 e. The quantitative estimate of drug-likeness (QED) is 0.667. The molecule has 0 aromatic heterocycles. The van der Waals surface area contributed by atoms with Crippen LogP contribution in [0.15, 0.2) is 24.3 Å². The Labute approximate surface area is 95.7 Å². The molecule has 0 aliphatic carbocycles. The minimum Gasteiger partial charge on any atom is -0.508 e. The number of nitrogens with one attached hydrogen (secondary N) is 2. The summed E-state index contributed by atoms with van der Waals surface area (Å²) in [5.74, 6) is 0.233. The molecule has 0 saturated carbocycles. The molecule has 88 valence electrons. The van der Waals surface area contributed by atoms with Crippen molar-refractivity contribution in [2.45, 2.75) is 26.3 Å². The Hall–Kier alpha value is -1.71. The predicted octanol–water partition coefficient (Wildman–Crippen LogP) is 1.99. The molecule has 0 aliphatic heterocycles. The summed E-state index contributed by atoms with van der Waals surface area (Å²) in [5, 5.41) is 14.6. The highest BCUT2D eigenvalue weighted by molar-refractivity contribution is 5.73. The van der Waals surface area contributed by atoms with Crippen LogP contribution in [0.5, 0.6) is 5.75 Å². The van der Waals surface area contributed by atoms with Crippen LogP contribution in [0, 0.1) is 0 Å². The topological polar surface area (TPSA) is 61.4 Å². The lowest BCUT2D eigenvalue weighted by molar-refractivity contribution is 0.240. The fraction of sp³-hybridized carbons (Fsp3) is 0.417. The van der Waals surface area contributed by atoms with E-state index in [4.69, 9.17) is 5.11 Å². The molecule has 0 bridgehead atoms. The third-order valence-electron chi connectivity index (χ3n) is 2.21. The van der Waals surface area contributed by atoms with E-state index in [1.165, 1.54) is 0 Å². The first kappa shape index (κ1) is 12.4. The Balaban J connectivity index is 2.23. The van der Waals surface area contributed by atoms with Gasteiger partial charge in [-0.3, -0.25) is 0 Å². The van der Waals surface area contributed by atoms with Crippen molar-refractivity contribution >= 4 is 6.03 Å².